The van der Waals surface area contributed by atoms with E-state index < -0.39 is 0 Å². The van der Waals surface area contributed by atoms with E-state index in [1.165, 1.54) is 70.8 Å². The van der Waals surface area contributed by atoms with Crippen molar-refractivity contribution in [3.8, 4) is 0 Å². The molecule has 0 aliphatic carbocycles. The molecule has 1 amide bonds. The maximum atomic E-state index is 11.9. The van der Waals surface area contributed by atoms with E-state index in [0.717, 1.165) is 24.1 Å². The van der Waals surface area contributed by atoms with Gasteiger partial charge in [0.05, 0.1) is 32.6 Å². The van der Waals surface area contributed by atoms with Crippen LogP contribution in [-0.4, -0.2) is 55.6 Å². The monoisotopic (exact) mass is 360 g/mol. The highest BCUT2D eigenvalue weighted by molar-refractivity contribution is 5.75. The summed E-state index contributed by atoms with van der Waals surface area (Å²) < 4.78 is 1.11. The van der Waals surface area contributed by atoms with Crippen LogP contribution in [0.1, 0.15) is 91.4 Å². The topological polar surface area (TPSA) is 20.3 Å². The second-order valence-electron chi connectivity index (χ2n) is 7.64. The molecular formula is C21H45FN2O. The number of hydrogen-bond donors (Lipinski definition) is 0. The second kappa shape index (κ2) is 16.8. The smallest absolute Gasteiger partial charge is 0.227 e. The van der Waals surface area contributed by atoms with E-state index in [0.29, 0.717) is 6.42 Å². The Morgan fingerprint density at radius 3 is 1.56 bits per heavy atom. The number of quaternary nitrogens is 1. The Labute approximate surface area is 157 Å². The molecule has 0 radical (unpaired) electrons. The Balaban J connectivity index is 0. The van der Waals surface area contributed by atoms with Crippen LogP contribution < -0.4 is 4.70 Å². The number of nitrogens with zero attached hydrogens (tertiary/aromatic N) is 2. The van der Waals surface area contributed by atoms with Crippen molar-refractivity contribution in [3.63, 3.8) is 0 Å². The van der Waals surface area contributed by atoms with Crippen molar-refractivity contribution in [2.45, 2.75) is 91.4 Å². The fraction of sp³-hybridized carbons (Fsp3) is 0.952. The molecule has 0 aromatic carbocycles. The first kappa shape index (κ1) is 26.6. The highest BCUT2D eigenvalue weighted by Gasteiger charge is 2.24. The molecule has 0 aromatic heterocycles. The van der Waals surface area contributed by atoms with Gasteiger partial charge in [-0.3, -0.25) is 4.79 Å². The highest BCUT2D eigenvalue weighted by Crippen LogP contribution is 2.14. The molecule has 0 aliphatic rings. The van der Waals surface area contributed by atoms with Crippen molar-refractivity contribution in [3.05, 3.63) is 0 Å². The Hall–Kier alpha value is -0.640. The lowest BCUT2D eigenvalue weighted by atomic mass is 10.1. The van der Waals surface area contributed by atoms with Crippen LogP contribution in [0, 0.1) is 0 Å². The quantitative estimate of drug-likeness (QED) is 0.305. The molecule has 0 saturated heterocycles. The predicted molar refractivity (Wildman–Crippen MR) is 106 cm³/mol. The molecule has 4 heteroatoms. The summed E-state index contributed by atoms with van der Waals surface area (Å²) in [5.74, 6) is 0.266. The fourth-order valence-electron chi connectivity index (χ4n) is 3.46. The van der Waals surface area contributed by atoms with Crippen LogP contribution in [0.15, 0.2) is 0 Å². The first-order chi connectivity index (χ1) is 11.5. The van der Waals surface area contributed by atoms with Crippen LogP contribution in [0.3, 0.4) is 0 Å². The van der Waals surface area contributed by atoms with Gasteiger partial charge in [-0.05, 0) is 26.7 Å². The zero-order valence-corrected chi connectivity index (χ0v) is 17.8. The summed E-state index contributed by atoms with van der Waals surface area (Å²) in [6, 6.07) is 0. The SMILES string of the molecule is CCCCCCCCCCCC[N+](CC)(CC)CCC(=O)N(C)C.[F-]. The van der Waals surface area contributed by atoms with Crippen molar-refractivity contribution in [2.75, 3.05) is 40.3 Å². The van der Waals surface area contributed by atoms with E-state index in [1.54, 1.807) is 4.90 Å². The third-order valence-corrected chi connectivity index (χ3v) is 5.63. The molecule has 25 heavy (non-hydrogen) atoms. The second-order valence-corrected chi connectivity index (χ2v) is 7.64. The van der Waals surface area contributed by atoms with Gasteiger partial charge in [0.2, 0.25) is 5.91 Å². The summed E-state index contributed by atoms with van der Waals surface area (Å²) in [6.45, 7) is 11.4. The number of unbranched alkanes of at least 4 members (excludes halogenated alkanes) is 9. The first-order valence-electron chi connectivity index (χ1n) is 10.6. The zero-order chi connectivity index (χ0) is 18.3. The van der Waals surface area contributed by atoms with Crippen LogP contribution in [-0.2, 0) is 4.79 Å². The van der Waals surface area contributed by atoms with E-state index in [1.807, 2.05) is 14.1 Å². The fourth-order valence-corrected chi connectivity index (χ4v) is 3.46. The van der Waals surface area contributed by atoms with Gasteiger partial charge in [-0.2, -0.15) is 0 Å². The normalized spacial score (nSPS) is 11.2. The minimum Gasteiger partial charge on any atom is -1.00 e. The number of halogens is 1. The molecule has 0 atom stereocenters. The van der Waals surface area contributed by atoms with Crippen LogP contribution >= 0.6 is 0 Å². The lowest BCUT2D eigenvalue weighted by molar-refractivity contribution is -0.924. The molecule has 0 unspecified atom stereocenters. The van der Waals surface area contributed by atoms with Crippen LogP contribution in [0.4, 0.5) is 0 Å². The lowest BCUT2D eigenvalue weighted by Crippen LogP contribution is -3.00. The van der Waals surface area contributed by atoms with E-state index in [2.05, 4.69) is 20.8 Å². The molecule has 0 N–H and O–H groups in total. The molecule has 0 aromatic rings. The standard InChI is InChI=1S/C21H45N2O.FH/c1-6-9-10-11-12-13-14-15-16-17-19-23(7-2,8-3)20-18-21(24)22(4)5;/h6-20H2,1-5H3;1H/q+1;/p-1. The molecule has 0 spiro atoms. The summed E-state index contributed by atoms with van der Waals surface area (Å²) in [6.07, 6.45) is 14.6. The van der Waals surface area contributed by atoms with E-state index in [-0.39, 0.29) is 10.6 Å². The molecule has 0 heterocycles. The van der Waals surface area contributed by atoms with E-state index >= 15 is 0 Å². The Morgan fingerprint density at radius 2 is 1.16 bits per heavy atom. The third-order valence-electron chi connectivity index (χ3n) is 5.63. The van der Waals surface area contributed by atoms with Crippen molar-refractivity contribution < 1.29 is 14.0 Å². The summed E-state index contributed by atoms with van der Waals surface area (Å²) in [5, 5.41) is 0. The first-order valence-corrected chi connectivity index (χ1v) is 10.6. The van der Waals surface area contributed by atoms with Crippen LogP contribution in [0.5, 0.6) is 0 Å². The molecule has 0 bridgehead atoms. The van der Waals surface area contributed by atoms with Crippen molar-refractivity contribution >= 4 is 5.91 Å². The van der Waals surface area contributed by atoms with Gasteiger partial charge in [0.1, 0.15) is 0 Å². The molecule has 0 fully saturated rings. The largest absolute Gasteiger partial charge is 1.00 e. The summed E-state index contributed by atoms with van der Waals surface area (Å²) in [5.41, 5.74) is 0. The number of carbonyl (C=O) groups excluding carboxylic acids is 1. The number of hydrogen-bond acceptors (Lipinski definition) is 1. The Morgan fingerprint density at radius 1 is 0.720 bits per heavy atom. The van der Waals surface area contributed by atoms with Gasteiger partial charge in [0.25, 0.3) is 0 Å². The van der Waals surface area contributed by atoms with Crippen molar-refractivity contribution in [1.82, 2.24) is 4.90 Å². The maximum Gasteiger partial charge on any atom is 0.227 e. The summed E-state index contributed by atoms with van der Waals surface area (Å²) in [4.78, 5) is 13.6. The van der Waals surface area contributed by atoms with Gasteiger partial charge in [0.15, 0.2) is 0 Å². The molecule has 3 nitrogen and oxygen atoms in total. The summed E-state index contributed by atoms with van der Waals surface area (Å²) in [7, 11) is 3.72. The van der Waals surface area contributed by atoms with Gasteiger partial charge in [-0.15, -0.1) is 0 Å². The van der Waals surface area contributed by atoms with Gasteiger partial charge in [0, 0.05) is 14.1 Å². The van der Waals surface area contributed by atoms with Crippen molar-refractivity contribution in [2.24, 2.45) is 0 Å². The Kier molecular flexibility index (Phi) is 17.9. The highest BCUT2D eigenvalue weighted by atomic mass is 19.0. The average molecular weight is 361 g/mol. The maximum absolute atomic E-state index is 11.9. The summed E-state index contributed by atoms with van der Waals surface area (Å²) >= 11 is 0. The molecule has 152 valence electrons. The molecule has 0 rings (SSSR count). The van der Waals surface area contributed by atoms with Gasteiger partial charge in [-0.1, -0.05) is 58.3 Å². The molecule has 0 aliphatic heterocycles. The number of carbonyl (C=O) groups is 1. The minimum absolute atomic E-state index is 0. The van der Waals surface area contributed by atoms with Crippen LogP contribution in [0.2, 0.25) is 0 Å². The van der Waals surface area contributed by atoms with Gasteiger partial charge >= 0.3 is 0 Å². The van der Waals surface area contributed by atoms with E-state index in [4.69, 9.17) is 0 Å². The molecular weight excluding hydrogens is 315 g/mol. The number of amides is 1. The van der Waals surface area contributed by atoms with Gasteiger partial charge < -0.3 is 14.1 Å². The predicted octanol–water partition coefficient (Wildman–Crippen LogP) is 2.25. The van der Waals surface area contributed by atoms with E-state index in [9.17, 15) is 4.79 Å². The average Bonchev–Trinajstić information content (AvgIpc) is 2.59. The number of rotatable bonds is 16. The zero-order valence-electron chi connectivity index (χ0n) is 17.8. The van der Waals surface area contributed by atoms with Gasteiger partial charge in [-0.25, -0.2) is 0 Å². The lowest BCUT2D eigenvalue weighted by Gasteiger charge is -2.37. The van der Waals surface area contributed by atoms with Crippen LogP contribution in [0.25, 0.3) is 0 Å². The van der Waals surface area contributed by atoms with Crippen molar-refractivity contribution in [1.29, 1.82) is 0 Å². The third kappa shape index (κ3) is 13.3. The Bertz CT molecular complexity index is 304. The molecule has 0 saturated carbocycles. The minimum atomic E-state index is 0.